The molecule has 0 heterocycles. The summed E-state index contributed by atoms with van der Waals surface area (Å²) in [6, 6.07) is 8.02. The summed E-state index contributed by atoms with van der Waals surface area (Å²) in [4.78, 5) is 0. The molecule has 0 N–H and O–H groups in total. The first-order chi connectivity index (χ1) is 7.29. The lowest BCUT2D eigenvalue weighted by molar-refractivity contribution is 1.09. The van der Waals surface area contributed by atoms with E-state index in [1.54, 1.807) is 0 Å². The molecule has 0 aliphatic heterocycles. The van der Waals surface area contributed by atoms with Gasteiger partial charge in [-0.2, -0.15) is 0 Å². The summed E-state index contributed by atoms with van der Waals surface area (Å²) in [5.74, 6) is 0. The van der Waals surface area contributed by atoms with Crippen LogP contribution in [0.25, 0.3) is 12.2 Å². The predicted octanol–water partition coefficient (Wildman–Crippen LogP) is 5.42. The zero-order chi connectivity index (χ0) is 12.1. The highest BCUT2D eigenvalue weighted by atomic mass is 13.9. The molecule has 0 saturated heterocycles. The first kappa shape index (κ1) is 16.1. The Morgan fingerprint density at radius 3 is 1.40 bits per heavy atom. The summed E-state index contributed by atoms with van der Waals surface area (Å²) >= 11 is 0. The summed E-state index contributed by atoms with van der Waals surface area (Å²) in [5.41, 5.74) is 2.27. The third-order valence-corrected chi connectivity index (χ3v) is 1.44. The van der Waals surface area contributed by atoms with Gasteiger partial charge in [-0.1, -0.05) is 83.7 Å². The van der Waals surface area contributed by atoms with Crippen molar-refractivity contribution >= 4 is 12.2 Å². The van der Waals surface area contributed by atoms with Crippen LogP contribution in [0.3, 0.4) is 0 Å². The first-order valence-electron chi connectivity index (χ1n) is 5.64. The first-order valence-corrected chi connectivity index (χ1v) is 5.64. The van der Waals surface area contributed by atoms with Crippen molar-refractivity contribution in [2.45, 2.75) is 34.1 Å². The van der Waals surface area contributed by atoms with Crippen LogP contribution >= 0.6 is 0 Å². The Morgan fingerprint density at radius 1 is 0.933 bits per heavy atom. The molecule has 0 heteroatoms. The van der Waals surface area contributed by atoms with E-state index in [2.05, 4.69) is 27.0 Å². The average Bonchev–Trinajstić information content (AvgIpc) is 2.32. The molecule has 0 bridgehead atoms. The van der Waals surface area contributed by atoms with Gasteiger partial charge in [0.2, 0.25) is 0 Å². The number of benzene rings is 1. The second-order valence-corrected chi connectivity index (χ2v) is 2.74. The molecule has 0 aromatic heterocycles. The van der Waals surface area contributed by atoms with Gasteiger partial charge in [-0.3, -0.25) is 0 Å². The van der Waals surface area contributed by atoms with E-state index >= 15 is 0 Å². The molecule has 0 radical (unpaired) electrons. The number of hydrogen-bond donors (Lipinski definition) is 0. The highest BCUT2D eigenvalue weighted by Crippen LogP contribution is 2.10. The highest BCUT2D eigenvalue weighted by Gasteiger charge is 1.89. The molecule has 0 aliphatic carbocycles. The fourth-order valence-corrected chi connectivity index (χ4v) is 0.883. The Hall–Kier alpha value is -1.30. The van der Waals surface area contributed by atoms with Crippen molar-refractivity contribution in [1.29, 1.82) is 0 Å². The van der Waals surface area contributed by atoms with Crippen LogP contribution in [0.15, 0.2) is 37.4 Å². The molecule has 0 aliphatic rings. The van der Waals surface area contributed by atoms with Crippen LogP contribution in [0.5, 0.6) is 0 Å². The third kappa shape index (κ3) is 7.75. The highest BCUT2D eigenvalue weighted by molar-refractivity contribution is 5.63. The summed E-state index contributed by atoms with van der Waals surface area (Å²) in [6.45, 7) is 15.6. The average molecular weight is 204 g/mol. The maximum Gasteiger partial charge on any atom is -0.0190 e. The van der Waals surface area contributed by atoms with Crippen molar-refractivity contribution in [2.75, 3.05) is 0 Å². The van der Waals surface area contributed by atoms with E-state index in [1.165, 1.54) is 6.42 Å². The van der Waals surface area contributed by atoms with Gasteiger partial charge in [0, 0.05) is 0 Å². The Morgan fingerprint density at radius 2 is 1.20 bits per heavy atom. The lowest BCUT2D eigenvalue weighted by Gasteiger charge is -1.96. The summed E-state index contributed by atoms with van der Waals surface area (Å²) < 4.78 is 0. The van der Waals surface area contributed by atoms with Gasteiger partial charge in [-0.25, -0.2) is 0 Å². The Bertz CT molecular complexity index is 231. The second-order valence-electron chi connectivity index (χ2n) is 2.74. The van der Waals surface area contributed by atoms with Crippen LogP contribution < -0.4 is 0 Å². The van der Waals surface area contributed by atoms with E-state index in [0.29, 0.717) is 0 Å². The third-order valence-electron chi connectivity index (χ3n) is 1.44. The lowest BCUT2D eigenvalue weighted by atomic mass is 10.1. The molecule has 1 aromatic rings. The van der Waals surface area contributed by atoms with Gasteiger partial charge in [-0.15, -0.1) is 0 Å². The second kappa shape index (κ2) is 12.7. The van der Waals surface area contributed by atoms with Gasteiger partial charge < -0.3 is 0 Å². The van der Waals surface area contributed by atoms with Crippen LogP contribution in [0, 0.1) is 0 Å². The van der Waals surface area contributed by atoms with E-state index in [0.717, 1.165) is 11.1 Å². The molecule has 15 heavy (non-hydrogen) atoms. The summed E-state index contributed by atoms with van der Waals surface area (Å²) in [7, 11) is 0. The molecule has 0 atom stereocenters. The molecule has 1 rings (SSSR count). The lowest BCUT2D eigenvalue weighted by Crippen LogP contribution is -1.76. The van der Waals surface area contributed by atoms with E-state index in [9.17, 15) is 0 Å². The Balaban J connectivity index is 0. The molecule has 0 amide bonds. The van der Waals surface area contributed by atoms with Crippen molar-refractivity contribution in [1.82, 2.24) is 0 Å². The standard InChI is InChI=1S/C10H10.C3H8.C2H6/c1-3-9-7-5-6-8-10(9)4-2;1-3-2;1-2/h3-8H,1-2H2;3H2,1-2H3;1-2H3. The smallest absolute Gasteiger partial charge is 0.0190 e. The maximum atomic E-state index is 3.69. The molecular formula is C15H24. The van der Waals surface area contributed by atoms with Crippen LogP contribution in [0.2, 0.25) is 0 Å². The fraction of sp³-hybridized carbons (Fsp3) is 0.333. The van der Waals surface area contributed by atoms with Crippen LogP contribution in [0.1, 0.15) is 45.2 Å². The predicted molar refractivity (Wildman–Crippen MR) is 73.9 cm³/mol. The maximum absolute atomic E-state index is 3.69. The van der Waals surface area contributed by atoms with Crippen molar-refractivity contribution in [3.63, 3.8) is 0 Å². The van der Waals surface area contributed by atoms with Gasteiger partial charge in [-0.05, 0) is 11.1 Å². The molecule has 0 unspecified atom stereocenters. The van der Waals surface area contributed by atoms with E-state index in [-0.39, 0.29) is 0 Å². The van der Waals surface area contributed by atoms with Gasteiger partial charge in [0.05, 0.1) is 0 Å². The Labute approximate surface area is 95.3 Å². The minimum Gasteiger partial charge on any atom is -0.0984 e. The van der Waals surface area contributed by atoms with Crippen LogP contribution in [-0.4, -0.2) is 0 Å². The molecule has 0 saturated carbocycles. The molecule has 0 spiro atoms. The molecule has 0 nitrogen and oxygen atoms in total. The normalized spacial score (nSPS) is 7.47. The topological polar surface area (TPSA) is 0 Å². The van der Waals surface area contributed by atoms with Crippen LogP contribution in [0.4, 0.5) is 0 Å². The van der Waals surface area contributed by atoms with Crippen molar-refractivity contribution in [3.8, 4) is 0 Å². The zero-order valence-electron chi connectivity index (χ0n) is 10.6. The van der Waals surface area contributed by atoms with E-state index < -0.39 is 0 Å². The molecule has 84 valence electrons. The number of hydrogen-bond acceptors (Lipinski definition) is 0. The van der Waals surface area contributed by atoms with Gasteiger partial charge >= 0.3 is 0 Å². The van der Waals surface area contributed by atoms with Crippen molar-refractivity contribution in [3.05, 3.63) is 48.6 Å². The quantitative estimate of drug-likeness (QED) is 0.603. The van der Waals surface area contributed by atoms with E-state index in [1.807, 2.05) is 50.3 Å². The summed E-state index contributed by atoms with van der Waals surface area (Å²) in [5, 5.41) is 0. The zero-order valence-corrected chi connectivity index (χ0v) is 10.6. The minimum atomic E-state index is 1.14. The van der Waals surface area contributed by atoms with Gasteiger partial charge in [0.25, 0.3) is 0 Å². The minimum absolute atomic E-state index is 1.14. The summed E-state index contributed by atoms with van der Waals surface area (Å²) in [6.07, 6.45) is 4.91. The monoisotopic (exact) mass is 204 g/mol. The molecule has 1 aromatic carbocycles. The van der Waals surface area contributed by atoms with Gasteiger partial charge in [0.1, 0.15) is 0 Å². The van der Waals surface area contributed by atoms with Crippen molar-refractivity contribution in [2.24, 2.45) is 0 Å². The van der Waals surface area contributed by atoms with Gasteiger partial charge in [0.15, 0.2) is 0 Å². The molecule has 0 fully saturated rings. The van der Waals surface area contributed by atoms with E-state index in [4.69, 9.17) is 0 Å². The largest absolute Gasteiger partial charge is 0.0984 e. The van der Waals surface area contributed by atoms with Crippen molar-refractivity contribution < 1.29 is 0 Å². The Kier molecular flexibility index (Phi) is 13.7. The number of rotatable bonds is 2. The fourth-order valence-electron chi connectivity index (χ4n) is 0.883. The molecular weight excluding hydrogens is 180 g/mol. The van der Waals surface area contributed by atoms with Crippen LogP contribution in [-0.2, 0) is 0 Å². The SMILES string of the molecule is C=Cc1ccccc1C=C.CC.CCC.